The Hall–Kier alpha value is -1.73. The van der Waals surface area contributed by atoms with Gasteiger partial charge in [-0.05, 0) is 19.1 Å². The Morgan fingerprint density at radius 1 is 1.06 bits per heavy atom. The summed E-state index contributed by atoms with van der Waals surface area (Å²) < 4.78 is 76.2. The van der Waals surface area contributed by atoms with E-state index in [0.29, 0.717) is 6.92 Å². The third kappa shape index (κ3) is 4.27. The summed E-state index contributed by atoms with van der Waals surface area (Å²) in [5, 5.41) is 0. The Labute approximate surface area is 97.9 Å². The van der Waals surface area contributed by atoms with E-state index in [1.807, 2.05) is 0 Å². The van der Waals surface area contributed by atoms with Crippen LogP contribution in [0.15, 0.2) is 29.3 Å². The first kappa shape index (κ1) is 14.3. The van der Waals surface area contributed by atoms with Crippen LogP contribution in [0.4, 0.5) is 32.0 Å². The van der Waals surface area contributed by atoms with Gasteiger partial charge in [-0.1, -0.05) is 12.1 Å². The lowest BCUT2D eigenvalue weighted by molar-refractivity contribution is -0.274. The average molecular weight is 271 g/mol. The summed E-state index contributed by atoms with van der Waals surface area (Å²) in [4.78, 5) is 3.08. The van der Waals surface area contributed by atoms with Gasteiger partial charge in [0.1, 0.15) is 11.4 Å². The number of hydrogen-bond acceptors (Lipinski definition) is 2. The molecular weight excluding hydrogens is 264 g/mol. The van der Waals surface area contributed by atoms with Gasteiger partial charge in [-0.15, -0.1) is 13.2 Å². The first-order valence-electron chi connectivity index (χ1n) is 4.57. The van der Waals surface area contributed by atoms with E-state index in [1.54, 1.807) is 0 Å². The summed E-state index contributed by atoms with van der Waals surface area (Å²) in [5.74, 6) is -0.784. The number of ether oxygens (including phenoxy) is 1. The number of hydrogen-bond donors (Lipinski definition) is 0. The van der Waals surface area contributed by atoms with Crippen LogP contribution in [-0.2, 0) is 0 Å². The molecule has 0 aliphatic rings. The second-order valence-electron chi connectivity index (χ2n) is 3.21. The Morgan fingerprint density at radius 3 is 2.11 bits per heavy atom. The fraction of sp³-hybridized carbons (Fsp3) is 0.300. The van der Waals surface area contributed by atoms with Crippen molar-refractivity contribution in [3.05, 3.63) is 24.3 Å². The summed E-state index contributed by atoms with van der Waals surface area (Å²) in [6, 6.07) is 4.33. The van der Waals surface area contributed by atoms with E-state index in [1.165, 1.54) is 12.1 Å². The molecule has 2 nitrogen and oxygen atoms in total. The van der Waals surface area contributed by atoms with Gasteiger partial charge < -0.3 is 4.74 Å². The Bertz CT molecular complexity index is 448. The SMILES string of the molecule is C/C(=N/c1ccccc1OC(F)(F)F)C(F)(F)F. The summed E-state index contributed by atoms with van der Waals surface area (Å²) in [7, 11) is 0. The van der Waals surface area contributed by atoms with Crippen molar-refractivity contribution in [2.75, 3.05) is 0 Å². The van der Waals surface area contributed by atoms with Crippen molar-refractivity contribution in [1.82, 2.24) is 0 Å². The molecule has 1 aromatic carbocycles. The zero-order valence-electron chi connectivity index (χ0n) is 8.93. The lowest BCUT2D eigenvalue weighted by Crippen LogP contribution is -2.19. The fourth-order valence-electron chi connectivity index (χ4n) is 1.00. The third-order valence-electron chi connectivity index (χ3n) is 1.79. The molecule has 0 spiro atoms. The maximum absolute atomic E-state index is 12.2. The second-order valence-corrected chi connectivity index (χ2v) is 3.21. The first-order valence-corrected chi connectivity index (χ1v) is 4.57. The number of rotatable bonds is 2. The van der Waals surface area contributed by atoms with Gasteiger partial charge >= 0.3 is 12.5 Å². The molecule has 8 heteroatoms. The van der Waals surface area contributed by atoms with Gasteiger partial charge in [0.2, 0.25) is 0 Å². The molecule has 0 atom stereocenters. The number of benzene rings is 1. The van der Waals surface area contributed by atoms with Gasteiger partial charge in [-0.25, -0.2) is 4.99 Å². The van der Waals surface area contributed by atoms with E-state index in [9.17, 15) is 26.3 Å². The zero-order chi connectivity index (χ0) is 14.0. The molecule has 1 aromatic rings. The molecule has 100 valence electrons. The van der Waals surface area contributed by atoms with E-state index in [4.69, 9.17) is 0 Å². The van der Waals surface area contributed by atoms with Crippen LogP contribution in [0.3, 0.4) is 0 Å². The lowest BCUT2D eigenvalue weighted by Gasteiger charge is -2.11. The molecule has 0 fully saturated rings. The van der Waals surface area contributed by atoms with Crippen LogP contribution >= 0.6 is 0 Å². The van der Waals surface area contributed by atoms with Crippen LogP contribution in [0.25, 0.3) is 0 Å². The number of alkyl halides is 6. The Kier molecular flexibility index (Phi) is 3.88. The van der Waals surface area contributed by atoms with Crippen molar-refractivity contribution in [1.29, 1.82) is 0 Å². The minimum Gasteiger partial charge on any atom is -0.403 e. The molecule has 0 saturated carbocycles. The maximum atomic E-state index is 12.2. The molecule has 18 heavy (non-hydrogen) atoms. The molecule has 0 saturated heterocycles. The third-order valence-corrected chi connectivity index (χ3v) is 1.79. The van der Waals surface area contributed by atoms with Gasteiger partial charge in [-0.3, -0.25) is 0 Å². The summed E-state index contributed by atoms with van der Waals surface area (Å²) >= 11 is 0. The van der Waals surface area contributed by atoms with Gasteiger partial charge in [0.25, 0.3) is 0 Å². The Morgan fingerprint density at radius 2 is 1.61 bits per heavy atom. The van der Waals surface area contributed by atoms with Gasteiger partial charge in [0, 0.05) is 0 Å². The molecule has 0 aliphatic heterocycles. The van der Waals surface area contributed by atoms with Crippen LogP contribution in [0.5, 0.6) is 5.75 Å². The number of nitrogens with zero attached hydrogens (tertiary/aromatic N) is 1. The van der Waals surface area contributed by atoms with Crippen molar-refractivity contribution in [2.24, 2.45) is 4.99 Å². The molecule has 0 amide bonds. The van der Waals surface area contributed by atoms with Crippen LogP contribution < -0.4 is 4.74 Å². The van der Waals surface area contributed by atoms with Gasteiger partial charge in [0.05, 0.1) is 0 Å². The average Bonchev–Trinajstić information content (AvgIpc) is 2.17. The second kappa shape index (κ2) is 4.87. The van der Waals surface area contributed by atoms with E-state index in [2.05, 4.69) is 9.73 Å². The topological polar surface area (TPSA) is 21.6 Å². The quantitative estimate of drug-likeness (QED) is 0.582. The molecule has 0 radical (unpaired) electrons. The summed E-state index contributed by atoms with van der Waals surface area (Å²) in [6.45, 7) is 0.657. The highest BCUT2D eigenvalue weighted by Gasteiger charge is 2.34. The molecular formula is C10H7F6NO. The highest BCUT2D eigenvalue weighted by Crippen LogP contribution is 2.33. The molecule has 0 N–H and O–H groups in total. The molecule has 0 bridgehead atoms. The minimum absolute atomic E-state index is 0.537. The van der Waals surface area contributed by atoms with Crippen LogP contribution in [0, 0.1) is 0 Å². The molecule has 0 aromatic heterocycles. The largest absolute Gasteiger partial charge is 0.573 e. The van der Waals surface area contributed by atoms with Gasteiger partial charge in [0.15, 0.2) is 5.75 Å². The lowest BCUT2D eigenvalue weighted by atomic mass is 10.3. The van der Waals surface area contributed by atoms with Crippen molar-refractivity contribution >= 4 is 11.4 Å². The van der Waals surface area contributed by atoms with E-state index in [-0.39, 0.29) is 0 Å². The summed E-state index contributed by atoms with van der Waals surface area (Å²) in [6.07, 6.45) is -9.69. The molecule has 0 unspecified atom stereocenters. The van der Waals surface area contributed by atoms with Crippen molar-refractivity contribution in [3.63, 3.8) is 0 Å². The van der Waals surface area contributed by atoms with E-state index < -0.39 is 29.7 Å². The predicted octanol–water partition coefficient (Wildman–Crippen LogP) is 4.24. The van der Waals surface area contributed by atoms with Crippen LogP contribution in [-0.4, -0.2) is 18.3 Å². The van der Waals surface area contributed by atoms with Crippen molar-refractivity contribution in [2.45, 2.75) is 19.5 Å². The normalized spacial score (nSPS) is 13.6. The van der Waals surface area contributed by atoms with Crippen molar-refractivity contribution < 1.29 is 31.1 Å². The molecule has 0 heterocycles. The fourth-order valence-corrected chi connectivity index (χ4v) is 1.00. The van der Waals surface area contributed by atoms with Crippen LogP contribution in [0.2, 0.25) is 0 Å². The molecule has 0 aliphatic carbocycles. The van der Waals surface area contributed by atoms with E-state index >= 15 is 0 Å². The monoisotopic (exact) mass is 271 g/mol. The smallest absolute Gasteiger partial charge is 0.403 e. The standard InChI is InChI=1S/C10H7F6NO/c1-6(9(11,12)13)17-7-4-2-3-5-8(7)18-10(14,15)16/h2-5H,1H3/b17-6-. The van der Waals surface area contributed by atoms with Gasteiger partial charge in [-0.2, -0.15) is 13.2 Å². The highest BCUT2D eigenvalue weighted by molar-refractivity contribution is 5.90. The highest BCUT2D eigenvalue weighted by atomic mass is 19.4. The summed E-state index contributed by atoms with van der Waals surface area (Å²) in [5.41, 5.74) is -1.80. The van der Waals surface area contributed by atoms with Crippen LogP contribution in [0.1, 0.15) is 6.92 Å². The predicted molar refractivity (Wildman–Crippen MR) is 51.9 cm³/mol. The molecule has 1 rings (SSSR count). The minimum atomic E-state index is -4.99. The zero-order valence-corrected chi connectivity index (χ0v) is 8.93. The first-order chi connectivity index (χ1) is 8.09. The number of para-hydroxylation sites is 2. The Balaban J connectivity index is 3.11. The van der Waals surface area contributed by atoms with Crippen molar-refractivity contribution in [3.8, 4) is 5.75 Å². The number of aliphatic imine (C=N–C) groups is 1. The number of halogens is 6. The maximum Gasteiger partial charge on any atom is 0.573 e. The van der Waals surface area contributed by atoms with E-state index in [0.717, 1.165) is 12.1 Å².